The van der Waals surface area contributed by atoms with Gasteiger partial charge in [0.25, 0.3) is 10.1 Å². The molecule has 0 unspecified atom stereocenters. The molecule has 1 heterocycles. The van der Waals surface area contributed by atoms with Crippen molar-refractivity contribution in [2.24, 2.45) is 20.5 Å². The van der Waals surface area contributed by atoms with Crippen molar-refractivity contribution in [2.75, 3.05) is 77.8 Å². The van der Waals surface area contributed by atoms with Crippen LogP contribution in [0, 0.1) is 0 Å². The molecule has 0 aliphatic carbocycles. The first-order chi connectivity index (χ1) is 27.6. The van der Waals surface area contributed by atoms with E-state index in [1.54, 1.807) is 17.0 Å². The number of hydrogen-bond donors (Lipinski definition) is 5. The second-order valence-corrected chi connectivity index (χ2v) is 13.8. The quantitative estimate of drug-likeness (QED) is 0.0374. The standard InChI is InChI=1S/C39H48N12O5S/c1-5-49(6-2)30-17-19-33(47-45-28-13-10-9-11-14-28)35(26-30)40-37-42-38(44-39(43-37)51(21-23-52)22-24-53)41-36-27-31(50(7-3)8-4)18-20-34(36)48-46-29-15-12-16-32(25-29)57(54,55)56/h9-20,25-27,52-53H,5-8,21-24H2,1-4H3,(H,54,55,56)(H2,40,41,42,43,44). The van der Waals surface area contributed by atoms with Gasteiger partial charge in [0.05, 0.1) is 40.9 Å². The molecule has 5 N–H and O–H groups in total. The molecule has 0 amide bonds. The smallest absolute Gasteiger partial charge is 0.294 e. The molecule has 0 aliphatic heterocycles. The van der Waals surface area contributed by atoms with Crippen LogP contribution in [0.25, 0.3) is 0 Å². The predicted octanol–water partition coefficient (Wildman–Crippen LogP) is 7.92. The topological polar surface area (TPSA) is 217 Å². The summed E-state index contributed by atoms with van der Waals surface area (Å²) in [6, 6.07) is 26.2. The van der Waals surface area contributed by atoms with Crippen LogP contribution >= 0.6 is 0 Å². The minimum absolute atomic E-state index is 0.109. The van der Waals surface area contributed by atoms with E-state index in [1.165, 1.54) is 18.2 Å². The molecule has 57 heavy (non-hydrogen) atoms. The molecule has 300 valence electrons. The van der Waals surface area contributed by atoms with Crippen LogP contribution in [0.3, 0.4) is 0 Å². The van der Waals surface area contributed by atoms with Gasteiger partial charge in [-0.1, -0.05) is 24.3 Å². The fourth-order valence-corrected chi connectivity index (χ4v) is 6.35. The van der Waals surface area contributed by atoms with Crippen LogP contribution in [0.15, 0.2) is 116 Å². The first-order valence-electron chi connectivity index (χ1n) is 18.6. The average molecular weight is 797 g/mol. The Kier molecular flexibility index (Phi) is 14.9. The van der Waals surface area contributed by atoms with Crippen molar-refractivity contribution in [2.45, 2.75) is 32.6 Å². The van der Waals surface area contributed by atoms with E-state index in [4.69, 9.17) is 15.0 Å². The summed E-state index contributed by atoms with van der Waals surface area (Å²) in [6.07, 6.45) is 0. The average Bonchev–Trinajstić information content (AvgIpc) is 3.21. The van der Waals surface area contributed by atoms with E-state index in [-0.39, 0.29) is 54.7 Å². The van der Waals surface area contributed by atoms with Gasteiger partial charge in [-0.15, -0.1) is 10.2 Å². The number of aliphatic hydroxyl groups excluding tert-OH is 2. The maximum absolute atomic E-state index is 11.8. The molecule has 4 aromatic carbocycles. The van der Waals surface area contributed by atoms with Crippen LogP contribution in [0.2, 0.25) is 0 Å². The fraction of sp³-hybridized carbons (Fsp3) is 0.308. The van der Waals surface area contributed by atoms with E-state index in [0.29, 0.717) is 28.4 Å². The molecule has 18 heteroatoms. The van der Waals surface area contributed by atoms with Gasteiger partial charge in [0.15, 0.2) is 0 Å². The van der Waals surface area contributed by atoms with E-state index in [1.807, 2.05) is 74.5 Å². The zero-order chi connectivity index (χ0) is 40.8. The second-order valence-electron chi connectivity index (χ2n) is 12.4. The van der Waals surface area contributed by atoms with Gasteiger partial charge in [-0.3, -0.25) is 4.55 Å². The Hall–Kier alpha value is -6.08. The largest absolute Gasteiger partial charge is 0.395 e. The third kappa shape index (κ3) is 11.5. The van der Waals surface area contributed by atoms with Gasteiger partial charge < -0.3 is 35.5 Å². The van der Waals surface area contributed by atoms with Gasteiger partial charge in [0.1, 0.15) is 11.4 Å². The van der Waals surface area contributed by atoms with E-state index in [9.17, 15) is 23.2 Å². The van der Waals surface area contributed by atoms with Crippen LogP contribution in [0.1, 0.15) is 27.7 Å². The van der Waals surface area contributed by atoms with Crippen molar-refractivity contribution in [1.82, 2.24) is 15.0 Å². The number of nitrogens with zero attached hydrogens (tertiary/aromatic N) is 10. The first kappa shape index (κ1) is 42.1. The van der Waals surface area contributed by atoms with Crippen molar-refractivity contribution < 1.29 is 23.2 Å². The summed E-state index contributed by atoms with van der Waals surface area (Å²) >= 11 is 0. The van der Waals surface area contributed by atoms with E-state index in [2.05, 4.69) is 54.7 Å². The number of benzene rings is 4. The lowest BCUT2D eigenvalue weighted by molar-refractivity contribution is 0.280. The van der Waals surface area contributed by atoms with Crippen molar-refractivity contribution >= 4 is 73.5 Å². The Morgan fingerprint density at radius 1 is 0.579 bits per heavy atom. The first-order valence-corrected chi connectivity index (χ1v) is 20.0. The van der Waals surface area contributed by atoms with Gasteiger partial charge in [-0.05, 0) is 94.4 Å². The summed E-state index contributed by atoms with van der Waals surface area (Å²) in [5, 5.41) is 44.1. The fourth-order valence-electron chi connectivity index (χ4n) is 5.83. The summed E-state index contributed by atoms with van der Waals surface area (Å²) < 4.78 is 33.1. The monoisotopic (exact) mass is 796 g/mol. The highest BCUT2D eigenvalue weighted by atomic mass is 32.2. The maximum atomic E-state index is 11.8. The van der Waals surface area contributed by atoms with E-state index >= 15 is 0 Å². The molecule has 0 saturated heterocycles. The highest BCUT2D eigenvalue weighted by Crippen LogP contribution is 2.36. The lowest BCUT2D eigenvalue weighted by Crippen LogP contribution is -2.31. The minimum Gasteiger partial charge on any atom is -0.395 e. The number of nitrogens with one attached hydrogen (secondary N) is 2. The van der Waals surface area contributed by atoms with Crippen molar-refractivity contribution in [3.63, 3.8) is 0 Å². The number of hydrogen-bond acceptors (Lipinski definition) is 16. The molecule has 0 aliphatic rings. The molecule has 0 fully saturated rings. The number of aliphatic hydroxyl groups is 2. The van der Waals surface area contributed by atoms with Crippen LogP contribution < -0.4 is 25.3 Å². The van der Waals surface area contributed by atoms with Gasteiger partial charge in [-0.25, -0.2) is 0 Å². The maximum Gasteiger partial charge on any atom is 0.294 e. The molecular weight excluding hydrogens is 749 g/mol. The van der Waals surface area contributed by atoms with Crippen molar-refractivity contribution in [3.8, 4) is 0 Å². The summed E-state index contributed by atoms with van der Waals surface area (Å²) in [6.45, 7) is 11.1. The van der Waals surface area contributed by atoms with Gasteiger partial charge >= 0.3 is 0 Å². The molecule has 5 aromatic rings. The van der Waals surface area contributed by atoms with E-state index < -0.39 is 10.1 Å². The molecule has 0 radical (unpaired) electrons. The lowest BCUT2D eigenvalue weighted by Gasteiger charge is -2.24. The Labute approximate surface area is 332 Å². The molecule has 0 spiro atoms. The van der Waals surface area contributed by atoms with Crippen molar-refractivity contribution in [3.05, 3.63) is 91.0 Å². The van der Waals surface area contributed by atoms with Crippen molar-refractivity contribution in [1.29, 1.82) is 0 Å². The summed E-state index contributed by atoms with van der Waals surface area (Å²) in [7, 11) is -4.45. The van der Waals surface area contributed by atoms with Crippen LogP contribution in [-0.2, 0) is 10.1 Å². The second kappa shape index (κ2) is 20.2. The zero-order valence-electron chi connectivity index (χ0n) is 32.4. The van der Waals surface area contributed by atoms with Gasteiger partial charge in [0.2, 0.25) is 17.8 Å². The summed E-state index contributed by atoms with van der Waals surface area (Å²) in [4.78, 5) is 19.8. The third-order valence-corrected chi connectivity index (χ3v) is 9.62. The van der Waals surface area contributed by atoms with Crippen LogP contribution in [0.4, 0.5) is 63.3 Å². The number of rotatable bonds is 20. The molecule has 5 rings (SSSR count). The minimum atomic E-state index is -4.45. The van der Waals surface area contributed by atoms with E-state index in [0.717, 1.165) is 37.6 Å². The predicted molar refractivity (Wildman–Crippen MR) is 224 cm³/mol. The lowest BCUT2D eigenvalue weighted by atomic mass is 10.2. The Morgan fingerprint density at radius 2 is 1.07 bits per heavy atom. The number of anilines is 7. The Morgan fingerprint density at radius 3 is 1.54 bits per heavy atom. The molecular formula is C39H48N12O5S. The normalized spacial score (nSPS) is 11.6. The molecule has 0 saturated carbocycles. The zero-order valence-corrected chi connectivity index (χ0v) is 33.2. The number of azo groups is 2. The Bertz CT molecular complexity index is 2250. The third-order valence-electron chi connectivity index (χ3n) is 8.77. The summed E-state index contributed by atoms with van der Waals surface area (Å²) in [5.74, 6) is 0.425. The Balaban J connectivity index is 1.62. The van der Waals surface area contributed by atoms with Crippen LogP contribution in [0.5, 0.6) is 0 Å². The molecule has 0 bridgehead atoms. The molecule has 1 aromatic heterocycles. The van der Waals surface area contributed by atoms with Gasteiger partial charge in [0, 0.05) is 50.6 Å². The number of aromatic nitrogens is 3. The van der Waals surface area contributed by atoms with Gasteiger partial charge in [-0.2, -0.15) is 33.6 Å². The summed E-state index contributed by atoms with van der Waals surface area (Å²) in [5.41, 5.74) is 4.65. The highest BCUT2D eigenvalue weighted by molar-refractivity contribution is 7.85. The van der Waals surface area contributed by atoms with Crippen LogP contribution in [-0.4, -0.2) is 90.6 Å². The highest BCUT2D eigenvalue weighted by Gasteiger charge is 2.18. The SMILES string of the molecule is CCN(CC)c1ccc(N=Nc2ccccc2)c(Nc2nc(Nc3cc(N(CC)CC)ccc3N=Nc3cccc(S(=O)(=O)O)c3)nc(N(CCO)CCO)n2)c1. The molecule has 0 atom stereocenters. The molecule has 17 nitrogen and oxygen atoms in total.